The Morgan fingerprint density at radius 3 is 2.22 bits per heavy atom. The van der Waals surface area contributed by atoms with E-state index < -0.39 is 0 Å². The molecule has 0 saturated carbocycles. The van der Waals surface area contributed by atoms with Gasteiger partial charge in [0.1, 0.15) is 0 Å². The Balaban J connectivity index is 3.19. The highest BCUT2D eigenvalue weighted by Crippen LogP contribution is 1.83. The second kappa shape index (κ2) is 6.11. The molecule has 0 N–H and O–H groups in total. The van der Waals surface area contributed by atoms with Gasteiger partial charge in [0.25, 0.3) is 0 Å². The fourth-order valence-electron chi connectivity index (χ4n) is 0.706. The van der Waals surface area contributed by atoms with E-state index in [1.165, 1.54) is 0 Å². The van der Waals surface area contributed by atoms with E-state index in [9.17, 15) is 4.21 Å². The van der Waals surface area contributed by atoms with E-state index in [0.29, 0.717) is 17.4 Å². The summed E-state index contributed by atoms with van der Waals surface area (Å²) in [6.45, 7) is 7.26. The number of hydrogen-bond acceptors (Lipinski definition) is 2. The van der Waals surface area contributed by atoms with Crippen molar-refractivity contribution in [2.45, 2.75) is 13.8 Å². The van der Waals surface area contributed by atoms with Crippen molar-refractivity contribution in [2.75, 3.05) is 25.4 Å². The van der Waals surface area contributed by atoms with Crippen molar-refractivity contribution in [1.82, 2.24) is 4.90 Å². The second-order valence-electron chi connectivity index (χ2n) is 1.85. The normalized spacial score (nSPS) is 10.1. The van der Waals surface area contributed by atoms with Crippen molar-refractivity contribution in [3.63, 3.8) is 0 Å². The maximum atomic E-state index is 9.96. The van der Waals surface area contributed by atoms with Crippen LogP contribution in [0.15, 0.2) is 0 Å². The minimum Gasteiger partial charge on any atom is -0.298 e. The molecule has 54 valence electrons. The Bertz CT molecular complexity index is 73.5. The number of hydrogen-bond donors (Lipinski definition) is 0. The van der Waals surface area contributed by atoms with Gasteiger partial charge in [-0.3, -0.25) is 4.90 Å². The summed E-state index contributed by atoms with van der Waals surface area (Å²) in [7, 11) is 0. The molecule has 3 heteroatoms. The van der Waals surface area contributed by atoms with Crippen LogP contribution in [-0.4, -0.2) is 30.3 Å². The maximum Gasteiger partial charge on any atom is 0.460 e. The summed E-state index contributed by atoms with van der Waals surface area (Å²) in [5, 5.41) is 0. The molecule has 0 rings (SSSR count). The Kier molecular flexibility index (Phi) is 6.09. The molecule has 0 spiro atoms. The molecule has 2 nitrogen and oxygen atoms in total. The molecule has 0 aliphatic rings. The van der Waals surface area contributed by atoms with Crippen molar-refractivity contribution in [1.29, 1.82) is 0 Å². The minimum absolute atomic E-state index is 0.669. The van der Waals surface area contributed by atoms with E-state index in [-0.39, 0.29) is 0 Å². The van der Waals surface area contributed by atoms with Crippen LogP contribution in [0, 0.1) is 0 Å². The monoisotopic (exact) mass is 148 g/mol. The van der Waals surface area contributed by atoms with E-state index in [4.69, 9.17) is 0 Å². The average molecular weight is 148 g/mol. The summed E-state index contributed by atoms with van der Waals surface area (Å²) in [5.41, 5.74) is 0. The first-order valence-electron chi connectivity index (χ1n) is 3.32. The van der Waals surface area contributed by atoms with E-state index in [1.807, 2.05) is 0 Å². The summed E-state index contributed by atoms with van der Waals surface area (Å²) in [6, 6.07) is 0. The van der Waals surface area contributed by atoms with Crippen LogP contribution in [0.4, 0.5) is 0 Å². The molecule has 0 unspecified atom stereocenters. The molecule has 0 aliphatic carbocycles. The van der Waals surface area contributed by atoms with Crippen LogP contribution in [0.5, 0.6) is 0 Å². The first-order chi connectivity index (χ1) is 4.35. The molecule has 0 heterocycles. The molecule has 0 aromatic rings. The van der Waals surface area contributed by atoms with Crippen LogP contribution in [0.25, 0.3) is 0 Å². The molecule has 9 heavy (non-hydrogen) atoms. The Morgan fingerprint density at radius 1 is 1.33 bits per heavy atom. The lowest BCUT2D eigenvalue weighted by Crippen LogP contribution is -2.25. The van der Waals surface area contributed by atoms with E-state index in [1.54, 1.807) is 0 Å². The molecule has 0 fully saturated rings. The standard InChI is InChI=1S/C6H14NOS/c1-3-7(4-2)5-6-9-8/h3-6H2,1-2H3/q+1. The molecule has 0 bridgehead atoms. The van der Waals surface area contributed by atoms with Crippen LogP contribution in [-0.2, 0) is 15.9 Å². The fraction of sp³-hybridized carbons (Fsp3) is 1.00. The van der Waals surface area contributed by atoms with Crippen molar-refractivity contribution in [2.24, 2.45) is 0 Å². The predicted molar refractivity (Wildman–Crippen MR) is 40.7 cm³/mol. The van der Waals surface area contributed by atoms with Gasteiger partial charge >= 0.3 is 11.7 Å². The van der Waals surface area contributed by atoms with Crippen LogP contribution in [0.3, 0.4) is 0 Å². The van der Waals surface area contributed by atoms with Gasteiger partial charge in [0.15, 0.2) is 0 Å². The summed E-state index contributed by atoms with van der Waals surface area (Å²) < 4.78 is 9.96. The predicted octanol–water partition coefficient (Wildman–Crippen LogP) is 0.756. The van der Waals surface area contributed by atoms with Gasteiger partial charge in [0.05, 0.1) is 6.54 Å². The Hall–Kier alpha value is -0.0200. The fourth-order valence-corrected chi connectivity index (χ4v) is 1.04. The molecule has 0 amide bonds. The quantitative estimate of drug-likeness (QED) is 0.536. The van der Waals surface area contributed by atoms with Crippen molar-refractivity contribution in [3.8, 4) is 0 Å². The summed E-state index contributed by atoms with van der Waals surface area (Å²) in [6.07, 6.45) is 0. The Morgan fingerprint density at radius 2 is 1.89 bits per heavy atom. The van der Waals surface area contributed by atoms with Gasteiger partial charge in [-0.15, -0.1) is 0 Å². The lowest BCUT2D eigenvalue weighted by Gasteiger charge is -2.12. The third kappa shape index (κ3) is 4.48. The lowest BCUT2D eigenvalue weighted by molar-refractivity contribution is 0.323. The highest BCUT2D eigenvalue weighted by atomic mass is 32.1. The zero-order valence-corrected chi connectivity index (χ0v) is 6.91. The first kappa shape index (κ1) is 8.98. The van der Waals surface area contributed by atoms with Crippen LogP contribution < -0.4 is 0 Å². The minimum atomic E-state index is 0.669. The number of rotatable bonds is 5. The molecule has 0 aliphatic heterocycles. The summed E-state index contributed by atoms with van der Waals surface area (Å²) in [4.78, 5) is 2.24. The van der Waals surface area contributed by atoms with Gasteiger partial charge in [-0.05, 0) is 13.1 Å². The van der Waals surface area contributed by atoms with Gasteiger partial charge in [0, 0.05) is 4.21 Å². The highest BCUT2D eigenvalue weighted by Gasteiger charge is 2.02. The third-order valence-corrected chi connectivity index (χ3v) is 1.73. The average Bonchev–Trinajstić information content (AvgIpc) is 1.91. The molecule has 0 aromatic carbocycles. The van der Waals surface area contributed by atoms with Gasteiger partial charge in [-0.1, -0.05) is 13.8 Å². The van der Waals surface area contributed by atoms with Crippen LogP contribution >= 0.6 is 0 Å². The van der Waals surface area contributed by atoms with Crippen molar-refractivity contribution >= 4 is 11.7 Å². The van der Waals surface area contributed by atoms with Crippen molar-refractivity contribution < 1.29 is 4.21 Å². The van der Waals surface area contributed by atoms with E-state index in [0.717, 1.165) is 19.6 Å². The topological polar surface area (TPSA) is 20.3 Å². The summed E-state index contributed by atoms with van der Waals surface area (Å²) in [5.74, 6) is 0.710. The maximum absolute atomic E-state index is 9.96. The SMILES string of the molecule is CCN(CC)CC[S+]=O. The van der Waals surface area contributed by atoms with E-state index in [2.05, 4.69) is 18.7 Å². The summed E-state index contributed by atoms with van der Waals surface area (Å²) >= 11 is 0.669. The van der Waals surface area contributed by atoms with Crippen molar-refractivity contribution in [3.05, 3.63) is 0 Å². The zero-order valence-electron chi connectivity index (χ0n) is 6.09. The van der Waals surface area contributed by atoms with Gasteiger partial charge < -0.3 is 0 Å². The highest BCUT2D eigenvalue weighted by molar-refractivity contribution is 7.65. The molecule has 0 radical (unpaired) electrons. The zero-order chi connectivity index (χ0) is 7.11. The van der Waals surface area contributed by atoms with Gasteiger partial charge in [-0.25, -0.2) is 0 Å². The molecule has 0 atom stereocenters. The molecular formula is C6H14NOS+. The Labute approximate surface area is 60.7 Å². The van der Waals surface area contributed by atoms with Gasteiger partial charge in [0.2, 0.25) is 5.75 Å². The third-order valence-electron chi connectivity index (χ3n) is 1.39. The van der Waals surface area contributed by atoms with Crippen LogP contribution in [0.2, 0.25) is 0 Å². The van der Waals surface area contributed by atoms with Crippen LogP contribution in [0.1, 0.15) is 13.8 Å². The molecule has 0 saturated heterocycles. The molecule has 0 aromatic heterocycles. The number of nitrogens with zero attached hydrogens (tertiary/aromatic N) is 1. The van der Waals surface area contributed by atoms with E-state index >= 15 is 0 Å². The smallest absolute Gasteiger partial charge is 0.298 e. The van der Waals surface area contributed by atoms with Gasteiger partial charge in [-0.2, -0.15) is 0 Å². The largest absolute Gasteiger partial charge is 0.460 e. The second-order valence-corrected chi connectivity index (χ2v) is 2.49. The lowest BCUT2D eigenvalue weighted by atomic mass is 10.5. The first-order valence-corrected chi connectivity index (χ1v) is 4.23. The molecular weight excluding hydrogens is 134 g/mol.